The van der Waals surface area contributed by atoms with Crippen LogP contribution in [0.3, 0.4) is 0 Å². The van der Waals surface area contributed by atoms with E-state index in [1.807, 2.05) is 27.7 Å². The standard InChI is InChI=1S/C9H12N4O.2C2H6/c1-7(14)8-4-2-3-5-9(8)13(11)12-6-10;2*1-2/h2-6H,11H2,1H3,(H2,10,12);2*1-2H3. The van der Waals surface area contributed by atoms with Crippen LogP contribution in [0.4, 0.5) is 5.69 Å². The minimum atomic E-state index is -0.0664. The predicted octanol–water partition coefficient (Wildman–Crippen LogP) is 2.52. The maximum atomic E-state index is 11.2. The van der Waals surface area contributed by atoms with Gasteiger partial charge in [0.1, 0.15) is 6.34 Å². The van der Waals surface area contributed by atoms with Crippen LogP contribution in [0.2, 0.25) is 0 Å². The third-order valence-corrected chi connectivity index (χ3v) is 1.72. The third-order valence-electron chi connectivity index (χ3n) is 1.72. The Bertz CT molecular complexity index is 364. The normalized spacial score (nSPS) is 8.78. The minimum absolute atomic E-state index is 0.0664. The van der Waals surface area contributed by atoms with E-state index in [4.69, 9.17) is 11.6 Å². The summed E-state index contributed by atoms with van der Waals surface area (Å²) in [6.45, 7) is 9.47. The average Bonchev–Trinajstić information content (AvgIpc) is 2.43. The van der Waals surface area contributed by atoms with E-state index in [1.54, 1.807) is 24.3 Å². The zero-order chi connectivity index (χ0) is 14.6. The highest BCUT2D eigenvalue weighted by atomic mass is 16.1. The summed E-state index contributed by atoms with van der Waals surface area (Å²) >= 11 is 0. The first kappa shape index (κ1) is 18.5. The number of benzene rings is 1. The average molecular weight is 252 g/mol. The lowest BCUT2D eigenvalue weighted by Gasteiger charge is -2.14. The van der Waals surface area contributed by atoms with Gasteiger partial charge in [-0.2, -0.15) is 5.12 Å². The lowest BCUT2D eigenvalue weighted by molar-refractivity contribution is 0.101. The number of nitrogens with zero attached hydrogens (tertiary/aromatic N) is 2. The molecule has 18 heavy (non-hydrogen) atoms. The topological polar surface area (TPSA) is 84.7 Å². The summed E-state index contributed by atoms with van der Waals surface area (Å²) in [5.41, 5.74) is 6.14. The number of Topliss-reactive ketones (excluding diaryl/α,β-unsaturated/α-hetero) is 1. The van der Waals surface area contributed by atoms with Gasteiger partial charge in [-0.05, 0) is 19.1 Å². The zero-order valence-electron chi connectivity index (χ0n) is 11.8. The maximum absolute atomic E-state index is 11.2. The first-order valence-corrected chi connectivity index (χ1v) is 6.05. The van der Waals surface area contributed by atoms with Crippen LogP contribution in [0, 0.1) is 0 Å². The van der Waals surface area contributed by atoms with Gasteiger partial charge in [-0.3, -0.25) is 4.79 Å². The van der Waals surface area contributed by atoms with Gasteiger partial charge < -0.3 is 5.73 Å². The smallest absolute Gasteiger partial charge is 0.162 e. The van der Waals surface area contributed by atoms with Crippen molar-refractivity contribution in [1.29, 1.82) is 0 Å². The van der Waals surface area contributed by atoms with Gasteiger partial charge in [-0.25, -0.2) is 5.84 Å². The van der Waals surface area contributed by atoms with Crippen molar-refractivity contribution in [2.24, 2.45) is 16.7 Å². The Morgan fingerprint density at radius 1 is 1.22 bits per heavy atom. The first-order chi connectivity index (χ1) is 8.66. The number of carbonyl (C=O) groups excluding carboxylic acids is 1. The van der Waals surface area contributed by atoms with E-state index in [9.17, 15) is 4.79 Å². The van der Waals surface area contributed by atoms with Crippen molar-refractivity contribution in [3.8, 4) is 0 Å². The lowest BCUT2D eigenvalue weighted by Crippen LogP contribution is -2.27. The highest BCUT2D eigenvalue weighted by Crippen LogP contribution is 2.18. The number of nitrogens with two attached hydrogens (primary N) is 2. The molecule has 0 saturated carbocycles. The Morgan fingerprint density at radius 3 is 2.17 bits per heavy atom. The monoisotopic (exact) mass is 252 g/mol. The summed E-state index contributed by atoms with van der Waals surface area (Å²) in [7, 11) is 0. The third kappa shape index (κ3) is 6.00. The second-order valence-electron chi connectivity index (χ2n) is 2.68. The van der Waals surface area contributed by atoms with E-state index in [1.165, 1.54) is 6.92 Å². The molecule has 0 unspecified atom stereocenters. The van der Waals surface area contributed by atoms with Crippen molar-refractivity contribution < 1.29 is 4.79 Å². The van der Waals surface area contributed by atoms with Crippen molar-refractivity contribution in [3.05, 3.63) is 29.8 Å². The van der Waals surface area contributed by atoms with Crippen molar-refractivity contribution in [3.63, 3.8) is 0 Å². The van der Waals surface area contributed by atoms with Crippen LogP contribution in [0.25, 0.3) is 0 Å². The molecule has 5 nitrogen and oxygen atoms in total. The molecule has 0 saturated heterocycles. The minimum Gasteiger partial charge on any atom is -0.388 e. The number of carbonyl (C=O) groups is 1. The van der Waals surface area contributed by atoms with Crippen LogP contribution in [-0.4, -0.2) is 12.1 Å². The van der Waals surface area contributed by atoms with E-state index in [0.29, 0.717) is 11.3 Å². The highest BCUT2D eigenvalue weighted by Gasteiger charge is 2.09. The molecule has 0 aromatic heterocycles. The van der Waals surface area contributed by atoms with Crippen LogP contribution in [0.5, 0.6) is 0 Å². The molecule has 0 heterocycles. The molecular weight excluding hydrogens is 228 g/mol. The van der Waals surface area contributed by atoms with Gasteiger partial charge >= 0.3 is 0 Å². The molecule has 0 radical (unpaired) electrons. The van der Waals surface area contributed by atoms with Crippen molar-refractivity contribution >= 4 is 17.8 Å². The van der Waals surface area contributed by atoms with Gasteiger partial charge in [-0.1, -0.05) is 39.8 Å². The van der Waals surface area contributed by atoms with Gasteiger partial charge in [0, 0.05) is 5.56 Å². The summed E-state index contributed by atoms with van der Waals surface area (Å²) in [5, 5.41) is 4.72. The Morgan fingerprint density at radius 2 is 1.72 bits per heavy atom. The Balaban J connectivity index is 0. The van der Waals surface area contributed by atoms with Gasteiger partial charge in [-0.15, -0.1) is 5.10 Å². The summed E-state index contributed by atoms with van der Waals surface area (Å²) < 4.78 is 0. The fraction of sp³-hybridized carbons (Fsp3) is 0.385. The fourth-order valence-electron chi connectivity index (χ4n) is 1.11. The summed E-state index contributed by atoms with van der Waals surface area (Å²) in [6, 6.07) is 6.92. The van der Waals surface area contributed by atoms with E-state index in [0.717, 1.165) is 11.5 Å². The molecular formula is C13H24N4O. The summed E-state index contributed by atoms with van der Waals surface area (Å²) in [5.74, 6) is 5.48. The van der Waals surface area contributed by atoms with Crippen molar-refractivity contribution in [2.75, 3.05) is 5.12 Å². The molecule has 5 heteroatoms. The molecule has 102 valence electrons. The molecule has 0 aliphatic heterocycles. The molecule has 0 amide bonds. The van der Waals surface area contributed by atoms with Gasteiger partial charge in [0.15, 0.2) is 5.78 Å². The number of ketones is 1. The zero-order valence-corrected chi connectivity index (χ0v) is 11.8. The molecule has 0 bridgehead atoms. The van der Waals surface area contributed by atoms with E-state index < -0.39 is 0 Å². The second-order valence-corrected chi connectivity index (χ2v) is 2.68. The SMILES string of the molecule is CC.CC.CC(=O)c1ccccc1N(N)/N=C\N. The Hall–Kier alpha value is -1.88. The van der Waals surface area contributed by atoms with Gasteiger partial charge in [0.05, 0.1) is 5.69 Å². The molecule has 0 aliphatic rings. The van der Waals surface area contributed by atoms with Gasteiger partial charge in [0.25, 0.3) is 0 Å². The first-order valence-electron chi connectivity index (χ1n) is 6.05. The molecule has 4 N–H and O–H groups in total. The summed E-state index contributed by atoms with van der Waals surface area (Å²) in [6.07, 6.45) is 1.07. The summed E-state index contributed by atoms with van der Waals surface area (Å²) in [4.78, 5) is 11.2. The largest absolute Gasteiger partial charge is 0.388 e. The maximum Gasteiger partial charge on any atom is 0.162 e. The van der Waals surface area contributed by atoms with E-state index in [2.05, 4.69) is 5.10 Å². The number of hydrazone groups is 1. The van der Waals surface area contributed by atoms with Crippen LogP contribution in [0.15, 0.2) is 29.4 Å². The highest BCUT2D eigenvalue weighted by molar-refractivity contribution is 5.99. The molecule has 0 fully saturated rings. The molecule has 0 spiro atoms. The molecule has 0 atom stereocenters. The Kier molecular flexibility index (Phi) is 11.9. The van der Waals surface area contributed by atoms with Crippen LogP contribution in [-0.2, 0) is 0 Å². The van der Waals surface area contributed by atoms with Gasteiger partial charge in [0.2, 0.25) is 0 Å². The van der Waals surface area contributed by atoms with Crippen LogP contribution >= 0.6 is 0 Å². The molecule has 0 aliphatic carbocycles. The molecule has 1 aromatic rings. The Labute approximate surface area is 109 Å². The van der Waals surface area contributed by atoms with Crippen LogP contribution in [0.1, 0.15) is 45.0 Å². The molecule has 1 aromatic carbocycles. The molecule has 1 rings (SSSR count). The predicted molar refractivity (Wildman–Crippen MR) is 78.5 cm³/mol. The quantitative estimate of drug-likeness (QED) is 0.284. The lowest BCUT2D eigenvalue weighted by atomic mass is 10.1. The fourth-order valence-corrected chi connectivity index (χ4v) is 1.11. The number of rotatable bonds is 3. The number of hydrazine groups is 1. The van der Waals surface area contributed by atoms with E-state index in [-0.39, 0.29) is 5.78 Å². The van der Waals surface area contributed by atoms with E-state index >= 15 is 0 Å². The number of hydrogen-bond acceptors (Lipinski definition) is 4. The van der Waals surface area contributed by atoms with Crippen LogP contribution < -0.4 is 16.7 Å². The number of hydrogen-bond donors (Lipinski definition) is 2. The van der Waals surface area contributed by atoms with Crippen molar-refractivity contribution in [1.82, 2.24) is 0 Å². The number of para-hydroxylation sites is 1. The number of anilines is 1. The second kappa shape index (κ2) is 11.6. The van der Waals surface area contributed by atoms with Crippen molar-refractivity contribution in [2.45, 2.75) is 34.6 Å².